The highest BCUT2D eigenvalue weighted by Gasteiger charge is 2.38. The first-order valence-electron chi connectivity index (χ1n) is 5.76. The van der Waals surface area contributed by atoms with Gasteiger partial charge in [-0.2, -0.15) is 0 Å². The van der Waals surface area contributed by atoms with E-state index in [1.165, 1.54) is 0 Å². The molecule has 0 heterocycles. The van der Waals surface area contributed by atoms with Gasteiger partial charge in [0.1, 0.15) is 10.7 Å². The minimum atomic E-state index is -4.03. The third-order valence-electron chi connectivity index (χ3n) is 3.26. The van der Waals surface area contributed by atoms with Crippen molar-refractivity contribution in [2.45, 2.75) is 24.7 Å². The van der Waals surface area contributed by atoms with Gasteiger partial charge in [-0.15, -0.1) is 0 Å². The molecule has 7 heteroatoms. The van der Waals surface area contributed by atoms with Gasteiger partial charge < -0.3 is 5.11 Å². The topological polar surface area (TPSA) is 83.5 Å². The number of hydrogen-bond acceptors (Lipinski definition) is 3. The summed E-state index contributed by atoms with van der Waals surface area (Å²) in [6.07, 6.45) is 1.85. The predicted octanol–water partition coefficient (Wildman–Crippen LogP) is 1.60. The largest absolute Gasteiger partial charge is 0.478 e. The Hall–Kier alpha value is -1.47. The average Bonchev–Trinajstić information content (AvgIpc) is 3.06. The van der Waals surface area contributed by atoms with Crippen LogP contribution in [-0.4, -0.2) is 26.0 Å². The van der Waals surface area contributed by atoms with Gasteiger partial charge in [0.25, 0.3) is 0 Å². The van der Waals surface area contributed by atoms with Crippen LogP contribution in [0.3, 0.4) is 0 Å². The highest BCUT2D eigenvalue weighted by Crippen LogP contribution is 2.44. The SMILES string of the molecule is CC1(CNS(=O)(=O)c2cc(C(=O)O)ccc2F)CC1. The average molecular weight is 287 g/mol. The quantitative estimate of drug-likeness (QED) is 0.861. The Kier molecular flexibility index (Phi) is 3.36. The van der Waals surface area contributed by atoms with Crippen molar-refractivity contribution in [3.63, 3.8) is 0 Å². The first-order valence-corrected chi connectivity index (χ1v) is 7.24. The van der Waals surface area contributed by atoms with Crippen molar-refractivity contribution < 1.29 is 22.7 Å². The van der Waals surface area contributed by atoms with Crippen LogP contribution in [0.5, 0.6) is 0 Å². The maximum absolute atomic E-state index is 13.6. The van der Waals surface area contributed by atoms with Crippen LogP contribution in [0.4, 0.5) is 4.39 Å². The molecule has 1 aromatic carbocycles. The van der Waals surface area contributed by atoms with E-state index in [2.05, 4.69) is 4.72 Å². The number of carbonyl (C=O) groups is 1. The van der Waals surface area contributed by atoms with E-state index in [0.717, 1.165) is 31.0 Å². The second-order valence-corrected chi connectivity index (χ2v) is 6.82. The van der Waals surface area contributed by atoms with Crippen LogP contribution < -0.4 is 4.72 Å². The molecule has 0 amide bonds. The van der Waals surface area contributed by atoms with E-state index in [1.54, 1.807) is 0 Å². The van der Waals surface area contributed by atoms with Crippen molar-refractivity contribution in [1.82, 2.24) is 4.72 Å². The molecular formula is C12H14FNO4S. The molecule has 1 fully saturated rings. The van der Waals surface area contributed by atoms with Gasteiger partial charge in [-0.3, -0.25) is 0 Å². The fourth-order valence-electron chi connectivity index (χ4n) is 1.58. The molecule has 0 spiro atoms. The molecule has 1 aliphatic carbocycles. The molecule has 2 rings (SSSR count). The summed E-state index contributed by atoms with van der Waals surface area (Å²) in [6.45, 7) is 2.16. The first-order chi connectivity index (χ1) is 8.73. The Morgan fingerprint density at radius 3 is 2.63 bits per heavy atom. The number of carboxylic acid groups (broad SMARTS) is 1. The predicted molar refractivity (Wildman–Crippen MR) is 65.9 cm³/mol. The normalized spacial score (nSPS) is 17.2. The lowest BCUT2D eigenvalue weighted by Crippen LogP contribution is -2.30. The third-order valence-corrected chi connectivity index (χ3v) is 4.68. The highest BCUT2D eigenvalue weighted by molar-refractivity contribution is 7.89. The molecule has 1 aliphatic rings. The smallest absolute Gasteiger partial charge is 0.335 e. The molecule has 1 saturated carbocycles. The molecular weight excluding hydrogens is 273 g/mol. The Labute approximate surface area is 110 Å². The fraction of sp³-hybridized carbons (Fsp3) is 0.417. The summed E-state index contributed by atoms with van der Waals surface area (Å²) in [4.78, 5) is 10.2. The van der Waals surface area contributed by atoms with E-state index in [0.29, 0.717) is 0 Å². The summed E-state index contributed by atoms with van der Waals surface area (Å²) in [7, 11) is -4.03. The van der Waals surface area contributed by atoms with Gasteiger partial charge in [-0.25, -0.2) is 22.3 Å². The molecule has 0 aliphatic heterocycles. The van der Waals surface area contributed by atoms with Gasteiger partial charge in [0.2, 0.25) is 10.0 Å². The number of benzene rings is 1. The van der Waals surface area contributed by atoms with Gasteiger partial charge in [0.05, 0.1) is 5.56 Å². The van der Waals surface area contributed by atoms with Crippen LogP contribution in [0.15, 0.2) is 23.1 Å². The minimum Gasteiger partial charge on any atom is -0.478 e. The zero-order valence-corrected chi connectivity index (χ0v) is 11.1. The van der Waals surface area contributed by atoms with Crippen molar-refractivity contribution in [3.8, 4) is 0 Å². The van der Waals surface area contributed by atoms with Crippen LogP contribution in [0, 0.1) is 11.2 Å². The minimum absolute atomic E-state index is 0.0616. The molecule has 0 atom stereocenters. The summed E-state index contributed by atoms with van der Waals surface area (Å²) in [5.74, 6) is -2.26. The Balaban J connectivity index is 2.28. The van der Waals surface area contributed by atoms with Crippen LogP contribution in [0.2, 0.25) is 0 Å². The Bertz CT molecular complexity index is 623. The summed E-state index contributed by atoms with van der Waals surface area (Å²) in [6, 6.07) is 2.70. The van der Waals surface area contributed by atoms with Crippen molar-refractivity contribution in [2.75, 3.05) is 6.54 Å². The van der Waals surface area contributed by atoms with E-state index >= 15 is 0 Å². The number of rotatable bonds is 5. The van der Waals surface area contributed by atoms with E-state index < -0.39 is 26.7 Å². The number of hydrogen-bond donors (Lipinski definition) is 2. The first kappa shape index (κ1) is 14.0. The van der Waals surface area contributed by atoms with E-state index in [9.17, 15) is 17.6 Å². The molecule has 104 valence electrons. The Morgan fingerprint density at radius 2 is 2.11 bits per heavy atom. The maximum atomic E-state index is 13.6. The van der Waals surface area contributed by atoms with Crippen molar-refractivity contribution in [1.29, 1.82) is 0 Å². The zero-order valence-electron chi connectivity index (χ0n) is 10.3. The van der Waals surface area contributed by atoms with Gasteiger partial charge in [-0.05, 0) is 36.5 Å². The van der Waals surface area contributed by atoms with E-state index in [4.69, 9.17) is 5.11 Å². The lowest BCUT2D eigenvalue weighted by molar-refractivity contribution is 0.0696. The lowest BCUT2D eigenvalue weighted by Gasteiger charge is -2.11. The zero-order chi connectivity index (χ0) is 14.3. The van der Waals surface area contributed by atoms with Gasteiger partial charge in [-0.1, -0.05) is 6.92 Å². The molecule has 5 nitrogen and oxygen atoms in total. The number of nitrogens with one attached hydrogen (secondary N) is 1. The number of carboxylic acids is 1. The van der Waals surface area contributed by atoms with Crippen molar-refractivity contribution in [2.24, 2.45) is 5.41 Å². The molecule has 0 aromatic heterocycles. The van der Waals surface area contributed by atoms with E-state index in [-0.39, 0.29) is 17.5 Å². The highest BCUT2D eigenvalue weighted by atomic mass is 32.2. The van der Waals surface area contributed by atoms with Gasteiger partial charge in [0, 0.05) is 6.54 Å². The molecule has 0 saturated heterocycles. The van der Waals surface area contributed by atoms with Crippen LogP contribution in [0.25, 0.3) is 0 Å². The van der Waals surface area contributed by atoms with Gasteiger partial charge in [0.15, 0.2) is 0 Å². The molecule has 0 bridgehead atoms. The second-order valence-electron chi connectivity index (χ2n) is 5.09. The standard InChI is InChI=1S/C12H14FNO4S/c1-12(4-5-12)7-14-19(17,18)10-6-8(11(15)16)2-3-9(10)13/h2-3,6,14H,4-5,7H2,1H3,(H,15,16). The maximum Gasteiger partial charge on any atom is 0.335 e. The molecule has 2 N–H and O–H groups in total. The van der Waals surface area contributed by atoms with Gasteiger partial charge >= 0.3 is 5.97 Å². The molecule has 19 heavy (non-hydrogen) atoms. The third kappa shape index (κ3) is 3.10. The number of halogens is 1. The summed E-state index contributed by atoms with van der Waals surface area (Å²) >= 11 is 0. The summed E-state index contributed by atoms with van der Waals surface area (Å²) < 4.78 is 39.8. The van der Waals surface area contributed by atoms with Crippen LogP contribution in [0.1, 0.15) is 30.1 Å². The van der Waals surface area contributed by atoms with E-state index in [1.807, 2.05) is 6.92 Å². The molecule has 1 aromatic rings. The van der Waals surface area contributed by atoms with Crippen LogP contribution >= 0.6 is 0 Å². The number of aromatic carboxylic acids is 1. The fourth-order valence-corrected chi connectivity index (χ4v) is 2.88. The lowest BCUT2D eigenvalue weighted by atomic mass is 10.2. The van der Waals surface area contributed by atoms with Crippen molar-refractivity contribution in [3.05, 3.63) is 29.6 Å². The second kappa shape index (κ2) is 4.57. The molecule has 0 unspecified atom stereocenters. The van der Waals surface area contributed by atoms with Crippen LogP contribution in [-0.2, 0) is 10.0 Å². The summed E-state index contributed by atoms with van der Waals surface area (Å²) in [5.41, 5.74) is -0.326. The summed E-state index contributed by atoms with van der Waals surface area (Å²) in [5, 5.41) is 8.80. The monoisotopic (exact) mass is 287 g/mol. The molecule has 0 radical (unpaired) electrons. The number of sulfonamides is 1. The van der Waals surface area contributed by atoms with Crippen molar-refractivity contribution >= 4 is 16.0 Å². The Morgan fingerprint density at radius 1 is 1.47 bits per heavy atom.